The normalized spacial score (nSPS) is 11.6. The van der Waals surface area contributed by atoms with Crippen molar-refractivity contribution in [2.75, 3.05) is 6.54 Å². The minimum atomic E-state index is -0.385. The number of rotatable bonds is 7. The summed E-state index contributed by atoms with van der Waals surface area (Å²) >= 11 is 1.50. The third-order valence-electron chi connectivity index (χ3n) is 3.99. The fraction of sp³-hybridized carbons (Fsp3) is 0.143. The predicted molar refractivity (Wildman–Crippen MR) is 104 cm³/mol. The Morgan fingerprint density at radius 2 is 1.67 bits per heavy atom. The average Bonchev–Trinajstić information content (AvgIpc) is 3.21. The van der Waals surface area contributed by atoms with Crippen molar-refractivity contribution < 1.29 is 14.0 Å². The van der Waals surface area contributed by atoms with Crippen LogP contribution in [0.15, 0.2) is 72.1 Å². The molecule has 27 heavy (non-hydrogen) atoms. The van der Waals surface area contributed by atoms with Gasteiger partial charge in [-0.05, 0) is 34.7 Å². The van der Waals surface area contributed by atoms with Gasteiger partial charge in [-0.25, -0.2) is 4.39 Å². The molecule has 0 saturated heterocycles. The topological polar surface area (TPSA) is 58.2 Å². The first-order chi connectivity index (χ1) is 13.1. The van der Waals surface area contributed by atoms with Gasteiger partial charge in [-0.15, -0.1) is 11.3 Å². The molecule has 0 aliphatic rings. The molecule has 4 nitrogen and oxygen atoms in total. The van der Waals surface area contributed by atoms with Gasteiger partial charge in [0, 0.05) is 4.88 Å². The van der Waals surface area contributed by atoms with Crippen LogP contribution < -0.4 is 10.6 Å². The van der Waals surface area contributed by atoms with E-state index in [1.165, 1.54) is 23.5 Å². The SMILES string of the molecule is O=C(Cc1ccccc1)NCC(=O)N[C@H](c1ccc(F)cc1)c1cccs1. The maximum absolute atomic E-state index is 13.2. The molecule has 0 spiro atoms. The van der Waals surface area contributed by atoms with Crippen LogP contribution in [0, 0.1) is 5.82 Å². The average molecular weight is 382 g/mol. The van der Waals surface area contributed by atoms with E-state index in [0.29, 0.717) is 0 Å². The second kappa shape index (κ2) is 9.09. The highest BCUT2D eigenvalue weighted by atomic mass is 32.1. The summed E-state index contributed by atoms with van der Waals surface area (Å²) in [6.45, 7) is -0.116. The van der Waals surface area contributed by atoms with Gasteiger partial charge < -0.3 is 10.6 Å². The van der Waals surface area contributed by atoms with Gasteiger partial charge in [0.2, 0.25) is 11.8 Å². The number of thiophene rings is 1. The van der Waals surface area contributed by atoms with E-state index in [9.17, 15) is 14.0 Å². The van der Waals surface area contributed by atoms with Crippen molar-refractivity contribution in [2.45, 2.75) is 12.5 Å². The predicted octanol–water partition coefficient (Wildman–Crippen LogP) is 3.45. The van der Waals surface area contributed by atoms with Gasteiger partial charge in [0.05, 0.1) is 19.0 Å². The third-order valence-corrected chi connectivity index (χ3v) is 4.93. The van der Waals surface area contributed by atoms with Gasteiger partial charge in [-0.1, -0.05) is 48.5 Å². The van der Waals surface area contributed by atoms with Crippen molar-refractivity contribution in [3.63, 3.8) is 0 Å². The highest BCUT2D eigenvalue weighted by molar-refractivity contribution is 7.10. The van der Waals surface area contributed by atoms with Crippen LogP contribution in [0.25, 0.3) is 0 Å². The van der Waals surface area contributed by atoms with Crippen LogP contribution in [-0.4, -0.2) is 18.4 Å². The number of halogens is 1. The molecule has 0 radical (unpaired) electrons. The van der Waals surface area contributed by atoms with Gasteiger partial charge in [0.15, 0.2) is 0 Å². The Bertz CT molecular complexity index is 880. The second-order valence-electron chi connectivity index (χ2n) is 6.01. The lowest BCUT2D eigenvalue weighted by Gasteiger charge is -2.18. The number of hydrogen-bond donors (Lipinski definition) is 2. The second-order valence-corrected chi connectivity index (χ2v) is 6.99. The number of carbonyl (C=O) groups is 2. The maximum Gasteiger partial charge on any atom is 0.240 e. The van der Waals surface area contributed by atoms with Gasteiger partial charge in [0.25, 0.3) is 0 Å². The molecule has 2 aromatic carbocycles. The van der Waals surface area contributed by atoms with Crippen LogP contribution in [0.4, 0.5) is 4.39 Å². The van der Waals surface area contributed by atoms with E-state index in [-0.39, 0.29) is 36.6 Å². The van der Waals surface area contributed by atoms with Crippen molar-refractivity contribution in [1.82, 2.24) is 10.6 Å². The molecule has 3 rings (SSSR count). The first kappa shape index (κ1) is 18.8. The summed E-state index contributed by atoms with van der Waals surface area (Å²) in [6.07, 6.45) is 0.223. The van der Waals surface area contributed by atoms with Gasteiger partial charge in [-0.2, -0.15) is 0 Å². The Kier molecular flexibility index (Phi) is 6.33. The Morgan fingerprint density at radius 1 is 0.926 bits per heavy atom. The van der Waals surface area contributed by atoms with E-state index in [1.54, 1.807) is 12.1 Å². The molecule has 6 heteroatoms. The molecule has 2 N–H and O–H groups in total. The summed E-state index contributed by atoms with van der Waals surface area (Å²) in [5.41, 5.74) is 1.67. The number of amides is 2. The molecule has 0 aliphatic carbocycles. The van der Waals surface area contributed by atoms with Crippen molar-refractivity contribution in [3.05, 3.63) is 93.9 Å². The van der Waals surface area contributed by atoms with E-state index >= 15 is 0 Å². The van der Waals surface area contributed by atoms with Crippen LogP contribution in [0.2, 0.25) is 0 Å². The molecule has 0 unspecified atom stereocenters. The van der Waals surface area contributed by atoms with Gasteiger partial charge in [0.1, 0.15) is 5.82 Å². The third kappa shape index (κ3) is 5.49. The minimum absolute atomic E-state index is 0.116. The summed E-state index contributed by atoms with van der Waals surface area (Å²) in [7, 11) is 0. The molecular formula is C21H19FN2O2S. The molecule has 0 bridgehead atoms. The van der Waals surface area contributed by atoms with Crippen molar-refractivity contribution in [2.24, 2.45) is 0 Å². The standard InChI is InChI=1S/C21H19FN2O2S/c22-17-10-8-16(9-11-17)21(18-7-4-12-27-18)24-20(26)14-23-19(25)13-15-5-2-1-3-6-15/h1-12,21H,13-14H2,(H,23,25)(H,24,26)/t21-/m1/s1. The molecular weight excluding hydrogens is 363 g/mol. The van der Waals surface area contributed by atoms with Gasteiger partial charge in [-0.3, -0.25) is 9.59 Å². The molecule has 3 aromatic rings. The summed E-state index contributed by atoms with van der Waals surface area (Å²) < 4.78 is 13.2. The number of nitrogens with one attached hydrogen (secondary N) is 2. The summed E-state index contributed by atoms with van der Waals surface area (Å²) in [5, 5.41) is 7.46. The molecule has 1 aromatic heterocycles. The number of hydrogen-bond acceptors (Lipinski definition) is 3. The van der Waals surface area contributed by atoms with Crippen LogP contribution in [0.3, 0.4) is 0 Å². The Morgan fingerprint density at radius 3 is 2.33 bits per heavy atom. The van der Waals surface area contributed by atoms with Crippen LogP contribution >= 0.6 is 11.3 Å². The van der Waals surface area contributed by atoms with Crippen molar-refractivity contribution in [1.29, 1.82) is 0 Å². The van der Waals surface area contributed by atoms with E-state index in [2.05, 4.69) is 10.6 Å². The van der Waals surface area contributed by atoms with Gasteiger partial charge >= 0.3 is 0 Å². The number of carbonyl (C=O) groups excluding carboxylic acids is 2. The Hall–Kier alpha value is -2.99. The van der Waals surface area contributed by atoms with Crippen molar-refractivity contribution >= 4 is 23.2 Å². The highest BCUT2D eigenvalue weighted by Crippen LogP contribution is 2.26. The smallest absolute Gasteiger partial charge is 0.240 e. The largest absolute Gasteiger partial charge is 0.347 e. The minimum Gasteiger partial charge on any atom is -0.347 e. The zero-order valence-corrected chi connectivity index (χ0v) is 15.3. The van der Waals surface area contributed by atoms with Crippen molar-refractivity contribution in [3.8, 4) is 0 Å². The van der Waals surface area contributed by atoms with E-state index in [0.717, 1.165) is 16.0 Å². The summed E-state index contributed by atoms with van der Waals surface area (Å²) in [6, 6.07) is 18.8. The molecule has 0 saturated carbocycles. The maximum atomic E-state index is 13.2. The molecule has 0 aliphatic heterocycles. The zero-order chi connectivity index (χ0) is 19.1. The Balaban J connectivity index is 1.59. The van der Waals surface area contributed by atoms with E-state index in [1.807, 2.05) is 47.8 Å². The first-order valence-electron chi connectivity index (χ1n) is 8.50. The monoisotopic (exact) mass is 382 g/mol. The van der Waals surface area contributed by atoms with Crippen LogP contribution in [0.5, 0.6) is 0 Å². The first-order valence-corrected chi connectivity index (χ1v) is 9.38. The van der Waals surface area contributed by atoms with Crippen LogP contribution in [-0.2, 0) is 16.0 Å². The number of benzene rings is 2. The lowest BCUT2D eigenvalue weighted by molar-refractivity contribution is -0.126. The van der Waals surface area contributed by atoms with E-state index in [4.69, 9.17) is 0 Å². The highest BCUT2D eigenvalue weighted by Gasteiger charge is 2.18. The summed E-state index contributed by atoms with van der Waals surface area (Å²) in [4.78, 5) is 25.3. The van der Waals surface area contributed by atoms with Crippen LogP contribution in [0.1, 0.15) is 22.0 Å². The molecule has 138 valence electrons. The lowest BCUT2D eigenvalue weighted by Crippen LogP contribution is -2.39. The quantitative estimate of drug-likeness (QED) is 0.658. The zero-order valence-electron chi connectivity index (χ0n) is 14.5. The molecule has 1 heterocycles. The molecule has 1 atom stereocenters. The fourth-order valence-electron chi connectivity index (χ4n) is 2.66. The molecule has 0 fully saturated rings. The Labute approximate surface area is 161 Å². The lowest BCUT2D eigenvalue weighted by atomic mass is 10.1. The van der Waals surface area contributed by atoms with E-state index < -0.39 is 0 Å². The molecule has 2 amide bonds. The summed E-state index contributed by atoms with van der Waals surface area (Å²) in [5.74, 6) is -0.854. The fourth-order valence-corrected chi connectivity index (χ4v) is 3.47.